The van der Waals surface area contributed by atoms with Crippen molar-refractivity contribution in [2.45, 2.75) is 152 Å². The van der Waals surface area contributed by atoms with Crippen LogP contribution in [0.1, 0.15) is 144 Å². The first-order valence-corrected chi connectivity index (χ1v) is 43.4. The number of halogens is 2. The fraction of sp³-hybridized carbons (Fsp3) is 0.330. The Morgan fingerprint density at radius 1 is 0.296 bits per heavy atom. The Kier molecular flexibility index (Phi) is 38.1. The first kappa shape index (κ1) is 95.2. The predicted octanol–water partition coefficient (Wildman–Crippen LogP) is 17.5. The molecule has 4 unspecified atom stereocenters. The van der Waals surface area contributed by atoms with Crippen LogP contribution in [0, 0.1) is 0 Å². The maximum atomic E-state index is 13.1. The minimum absolute atomic E-state index is 0.0840. The zero-order valence-corrected chi connectivity index (χ0v) is 72.0. The Labute approximate surface area is 741 Å². The van der Waals surface area contributed by atoms with Gasteiger partial charge in [0.15, 0.2) is 24.4 Å². The minimum Gasteiger partial charge on any atom is -0.478 e. The Bertz CT molecular complexity index is 4640. The molecule has 8 atom stereocenters. The highest BCUT2D eigenvalue weighted by Gasteiger charge is 2.53. The zero-order chi connectivity index (χ0) is 88.8. The normalized spacial score (nSPS) is 17.4. The number of carboxylic acids is 1. The van der Waals surface area contributed by atoms with Gasteiger partial charge < -0.3 is 71.4 Å². The van der Waals surface area contributed by atoms with Gasteiger partial charge in [-0.1, -0.05) is 162 Å². The van der Waals surface area contributed by atoms with Gasteiger partial charge in [-0.15, -0.1) is 0 Å². The van der Waals surface area contributed by atoms with Crippen LogP contribution in [-0.4, -0.2) is 170 Å². The second kappa shape index (κ2) is 50.0. The molecule has 26 nitrogen and oxygen atoms in total. The average molecular weight is 1840 g/mol. The fourth-order valence-corrected chi connectivity index (χ4v) is 14.3. The Morgan fingerprint density at radius 3 is 0.688 bits per heavy atom. The van der Waals surface area contributed by atoms with Crippen LogP contribution in [0.25, 0.3) is 44.5 Å². The smallest absolute Gasteiger partial charge is 0.338 e. The number of carboxylic acid groups (broad SMARTS) is 1. The second-order valence-corrected chi connectivity index (χ2v) is 30.8. The average Bonchev–Trinajstić information content (AvgIpc) is 1.65. The van der Waals surface area contributed by atoms with E-state index in [2.05, 4.69) is 51.6 Å². The maximum Gasteiger partial charge on any atom is 0.338 e. The lowest BCUT2D eigenvalue weighted by molar-refractivity contribution is -0.138. The number of benzene rings is 8. The molecule has 4 saturated heterocycles. The van der Waals surface area contributed by atoms with Gasteiger partial charge in [0.25, 0.3) is 0 Å². The van der Waals surface area contributed by atoms with E-state index in [9.17, 15) is 52.7 Å². The molecule has 0 saturated carbocycles. The lowest BCUT2D eigenvalue weighted by Crippen LogP contribution is -2.36. The van der Waals surface area contributed by atoms with E-state index in [-0.39, 0.29) is 76.4 Å². The zero-order valence-electron chi connectivity index (χ0n) is 68.8. The summed E-state index contributed by atoms with van der Waals surface area (Å²) in [4.78, 5) is 133. The summed E-state index contributed by atoms with van der Waals surface area (Å²) in [5.74, 6) is -3.41. The van der Waals surface area contributed by atoms with Gasteiger partial charge in [0, 0.05) is 54.6 Å². The molecular weight excluding hydrogens is 1740 g/mol. The molecule has 8 aromatic rings. The Hall–Kier alpha value is -12.1. The molecule has 0 spiro atoms. The number of hydrogen-bond donors (Lipinski definition) is 1. The van der Waals surface area contributed by atoms with Gasteiger partial charge in [0.2, 0.25) is 0 Å². The van der Waals surface area contributed by atoms with E-state index in [0.717, 1.165) is 125 Å². The first-order valence-electron chi connectivity index (χ1n) is 41.2. The van der Waals surface area contributed by atoms with Crippen molar-refractivity contribution in [3.05, 3.63) is 254 Å². The lowest BCUT2D eigenvalue weighted by atomic mass is 10.0. The van der Waals surface area contributed by atoms with E-state index in [1.165, 1.54) is 0 Å². The molecule has 1 N–H and O–H groups in total. The molecule has 28 heteroatoms. The molecule has 12 rings (SSSR count). The van der Waals surface area contributed by atoms with Gasteiger partial charge in [-0.2, -0.15) is 0 Å². The summed E-state index contributed by atoms with van der Waals surface area (Å²) in [5, 5.41) is 9.46. The number of esters is 10. The summed E-state index contributed by atoms with van der Waals surface area (Å²) in [6.07, 6.45) is 8.82. The summed E-state index contributed by atoms with van der Waals surface area (Å²) in [6, 6.07) is 56.5. The second-order valence-electron chi connectivity index (χ2n) is 29.2. The number of fused-ring (bicyclic) bond motifs is 2. The molecule has 0 aliphatic carbocycles. The number of alkyl halides is 2. The van der Waals surface area contributed by atoms with E-state index in [1.54, 1.807) is 121 Å². The third-order valence-corrected chi connectivity index (χ3v) is 21.3. The molecule has 4 heterocycles. The van der Waals surface area contributed by atoms with Crippen molar-refractivity contribution in [2.75, 3.05) is 50.3 Å². The van der Waals surface area contributed by atoms with Gasteiger partial charge in [-0.3, -0.25) is 19.2 Å². The molecule has 4 aliphatic heterocycles. The van der Waals surface area contributed by atoms with Crippen molar-refractivity contribution < 1.29 is 124 Å². The van der Waals surface area contributed by atoms with E-state index >= 15 is 0 Å². The van der Waals surface area contributed by atoms with Crippen molar-refractivity contribution in [1.29, 1.82) is 0 Å². The Morgan fingerprint density at radius 2 is 0.496 bits per heavy atom. The van der Waals surface area contributed by atoms with Gasteiger partial charge >= 0.3 is 65.7 Å². The van der Waals surface area contributed by atoms with Crippen LogP contribution in [0.15, 0.2) is 232 Å². The summed E-state index contributed by atoms with van der Waals surface area (Å²) in [6.45, 7) is 10.6. The van der Waals surface area contributed by atoms with Crippen molar-refractivity contribution >= 4 is 97.5 Å². The topological polar surface area (TPSA) is 337 Å². The summed E-state index contributed by atoms with van der Waals surface area (Å²) >= 11 is 6.79. The maximum absolute atomic E-state index is 13.1. The highest BCUT2D eigenvalue weighted by atomic mass is 79.9. The van der Waals surface area contributed by atoms with E-state index in [4.69, 9.17) is 71.4 Å². The van der Waals surface area contributed by atoms with Gasteiger partial charge in [0.1, 0.15) is 47.4 Å². The number of aliphatic carboxylic acids is 1. The van der Waals surface area contributed by atoms with Crippen LogP contribution in [0.2, 0.25) is 0 Å². The highest BCUT2D eigenvalue weighted by Crippen LogP contribution is 2.36. The molecule has 4 fully saturated rings. The highest BCUT2D eigenvalue weighted by molar-refractivity contribution is 9.09. The molecule has 4 aliphatic rings. The molecule has 8 aromatic carbocycles. The van der Waals surface area contributed by atoms with Crippen LogP contribution in [0.4, 0.5) is 0 Å². The standard InChI is InChI=1S/C50H50O14.C44H44Br2O10.C3H4O2/c1-3-43(51)57-29-9-5-7-11-45(53)61-39-25-21-35(22-26-39)33-13-17-37(18-14-33)49(55)63-41-31-59-48-42(32-60-47(41)48)64-50(56)38-19-15-34(16-20-38)36-23-27-40(28-24-36)62-46(54)12-8-6-10-30-58-44(52)4-2;45-25-5-1-3-7-39(47)53-35-21-17-31(18-22-35)29-9-13-33(14-10-29)43(49)55-37-27-51-42-38(28-52-41(37)42)56-44(50)34-15-11-30(12-16-34)32-19-23-36(24-20-32)54-40(48)8-4-2-6-26-46;1-2-3(4)5/h3-4,13-28,41-42,47-48H,1-2,5-12,29-32H2;9-24,37-38,41-42H,1-8,25-28H2;2H,1H2,(H,4,5)/t41-,42+,47?,48?;37-,38+,41?,42?;. The van der Waals surface area contributed by atoms with Gasteiger partial charge in [-0.25, -0.2) is 33.6 Å². The lowest BCUT2D eigenvalue weighted by Gasteiger charge is -2.17. The number of hydrogen-bond acceptors (Lipinski definition) is 25. The number of carbonyl (C=O) groups excluding carboxylic acids is 10. The molecule has 0 aromatic heterocycles. The predicted molar refractivity (Wildman–Crippen MR) is 467 cm³/mol. The molecule has 0 amide bonds. The third-order valence-electron chi connectivity index (χ3n) is 20.2. The fourth-order valence-electron chi connectivity index (χ4n) is 13.5. The van der Waals surface area contributed by atoms with Crippen LogP contribution in [-0.2, 0) is 80.9 Å². The van der Waals surface area contributed by atoms with Gasteiger partial charge in [-0.05, 0) is 206 Å². The largest absolute Gasteiger partial charge is 0.478 e. The first-order chi connectivity index (χ1) is 60.7. The quantitative estimate of drug-likeness (QED) is 0.00929. The van der Waals surface area contributed by atoms with Crippen LogP contribution in [0.5, 0.6) is 23.0 Å². The van der Waals surface area contributed by atoms with Crippen LogP contribution in [0.3, 0.4) is 0 Å². The third kappa shape index (κ3) is 30.1. The van der Waals surface area contributed by atoms with E-state index in [0.29, 0.717) is 83.8 Å². The molecule has 0 radical (unpaired) electrons. The molecule has 656 valence electrons. The van der Waals surface area contributed by atoms with Crippen LogP contribution < -0.4 is 18.9 Å². The number of rotatable bonds is 41. The minimum atomic E-state index is -0.981. The summed E-state index contributed by atoms with van der Waals surface area (Å²) < 4.78 is 78.4. The molecule has 125 heavy (non-hydrogen) atoms. The Balaban J connectivity index is 0.000000250. The molecular formula is C97H98Br2O26. The monoisotopic (exact) mass is 1840 g/mol. The van der Waals surface area contributed by atoms with Crippen molar-refractivity contribution in [1.82, 2.24) is 0 Å². The summed E-state index contributed by atoms with van der Waals surface area (Å²) in [5.41, 5.74) is 8.41. The number of ether oxygens (including phenoxy) is 14. The molecule has 0 bridgehead atoms. The van der Waals surface area contributed by atoms with Crippen molar-refractivity contribution in [3.8, 4) is 67.5 Å². The van der Waals surface area contributed by atoms with E-state index in [1.807, 2.05) is 72.8 Å². The van der Waals surface area contributed by atoms with Crippen molar-refractivity contribution in [2.24, 2.45) is 0 Å². The van der Waals surface area contributed by atoms with Crippen LogP contribution >= 0.6 is 31.9 Å². The number of unbranched alkanes of at least 4 members (excludes halogenated alkanes) is 8. The number of carbonyl (C=O) groups is 11. The SMILES string of the molecule is C=CC(=O)O.C=CC(=O)OCCCCCC(=O)Oc1ccc(-c2ccc(C(=O)O[C@H]3COC4C3OC[C@H]4OC(=O)c3ccc(-c4ccc(OC(=O)CCCCCOC(=O)C=C)cc4)cc3)cc2)cc1.O=C(CCCCCBr)Oc1ccc(-c2ccc(C(=O)O[C@H]3COC4C3OC[C@H]4OC(=O)c3ccc(-c4ccc(OC(=O)CCCCCBr)cc4)cc3)cc2)cc1. The van der Waals surface area contributed by atoms with Gasteiger partial charge in [0.05, 0.1) is 61.9 Å². The van der Waals surface area contributed by atoms with Crippen molar-refractivity contribution in [3.63, 3.8) is 0 Å². The summed E-state index contributed by atoms with van der Waals surface area (Å²) in [7, 11) is 0. The van der Waals surface area contributed by atoms with E-state index < -0.39 is 90.6 Å².